The molecule has 3 rings (SSSR count). The molecule has 0 spiro atoms. The van der Waals surface area contributed by atoms with Crippen LogP contribution in [-0.2, 0) is 11.2 Å². The van der Waals surface area contributed by atoms with Crippen LogP contribution in [0, 0.1) is 17.3 Å². The van der Waals surface area contributed by atoms with E-state index in [9.17, 15) is 15.0 Å². The molecule has 5 nitrogen and oxygen atoms in total. The van der Waals surface area contributed by atoms with Gasteiger partial charge in [0.05, 0.1) is 13.2 Å². The third-order valence-electron chi connectivity index (χ3n) is 5.46. The first kappa shape index (κ1) is 15.4. The summed E-state index contributed by atoms with van der Waals surface area (Å²) in [6.07, 6.45) is 7.08. The van der Waals surface area contributed by atoms with Crippen LogP contribution in [0.2, 0.25) is 0 Å². The van der Waals surface area contributed by atoms with Gasteiger partial charge in [-0.3, -0.25) is 9.78 Å². The molecule has 2 fully saturated rings. The first-order chi connectivity index (χ1) is 10.7. The molecule has 0 radical (unpaired) electrons. The molecule has 2 heterocycles. The summed E-state index contributed by atoms with van der Waals surface area (Å²) in [5.41, 5.74) is 0.907. The minimum atomic E-state index is -0.308. The highest BCUT2D eigenvalue weighted by molar-refractivity contribution is 5.76. The molecule has 1 aliphatic heterocycles. The van der Waals surface area contributed by atoms with Gasteiger partial charge in [-0.2, -0.15) is 0 Å². The highest BCUT2D eigenvalue weighted by atomic mass is 16.3. The summed E-state index contributed by atoms with van der Waals surface area (Å²) < 4.78 is 0. The molecule has 2 N–H and O–H groups in total. The summed E-state index contributed by atoms with van der Waals surface area (Å²) in [6, 6.07) is 4.00. The number of unbranched alkanes of at least 4 members (excludes halogenated alkanes) is 1. The second-order valence-electron chi connectivity index (χ2n) is 6.63. The zero-order chi connectivity index (χ0) is 15.6. The lowest BCUT2D eigenvalue weighted by molar-refractivity contribution is -0.131. The maximum absolute atomic E-state index is 12.2. The molecule has 1 saturated heterocycles. The molecule has 2 atom stereocenters. The van der Waals surface area contributed by atoms with Gasteiger partial charge in [0, 0.05) is 37.3 Å². The van der Waals surface area contributed by atoms with Crippen molar-refractivity contribution < 1.29 is 15.0 Å². The van der Waals surface area contributed by atoms with E-state index in [1.54, 1.807) is 6.20 Å². The number of nitrogens with zero attached hydrogens (tertiary/aromatic N) is 2. The number of amides is 1. The highest BCUT2D eigenvalue weighted by Gasteiger charge is 2.67. The van der Waals surface area contributed by atoms with Crippen molar-refractivity contribution in [2.45, 2.75) is 25.7 Å². The van der Waals surface area contributed by atoms with E-state index < -0.39 is 0 Å². The minimum Gasteiger partial charge on any atom is -0.396 e. The van der Waals surface area contributed by atoms with Crippen molar-refractivity contribution in [3.63, 3.8) is 0 Å². The lowest BCUT2D eigenvalue weighted by atomic mass is 10.0. The fraction of sp³-hybridized carbons (Fsp3) is 0.647. The standard InChI is InChI=1S/C17H24N2O3/c20-11-17(12-21)14-9-19(10-15(14)17)16(22)6-2-1-4-13-5-3-7-18-8-13/h3,5,7-8,14-15,20-21H,1-2,4,6,9-12H2. The third-order valence-corrected chi connectivity index (χ3v) is 5.46. The largest absolute Gasteiger partial charge is 0.396 e. The quantitative estimate of drug-likeness (QED) is 0.733. The molecule has 2 aliphatic rings. The van der Waals surface area contributed by atoms with E-state index in [1.165, 1.54) is 5.56 Å². The second-order valence-corrected chi connectivity index (χ2v) is 6.63. The maximum Gasteiger partial charge on any atom is 0.222 e. The highest BCUT2D eigenvalue weighted by Crippen LogP contribution is 2.62. The molecule has 5 heteroatoms. The van der Waals surface area contributed by atoms with Gasteiger partial charge in [0.2, 0.25) is 5.91 Å². The SMILES string of the molecule is O=C(CCCCc1cccnc1)N1CC2C(C1)C2(CO)CO. The van der Waals surface area contributed by atoms with Crippen LogP contribution in [0.3, 0.4) is 0 Å². The number of hydrogen-bond donors (Lipinski definition) is 2. The fourth-order valence-corrected chi connectivity index (χ4v) is 3.87. The predicted molar refractivity (Wildman–Crippen MR) is 82.0 cm³/mol. The average Bonchev–Trinajstić information content (AvgIpc) is 2.92. The van der Waals surface area contributed by atoms with Crippen molar-refractivity contribution in [3.05, 3.63) is 30.1 Å². The van der Waals surface area contributed by atoms with Gasteiger partial charge in [-0.05, 0) is 42.7 Å². The van der Waals surface area contributed by atoms with Gasteiger partial charge in [0.1, 0.15) is 0 Å². The van der Waals surface area contributed by atoms with Crippen molar-refractivity contribution >= 4 is 5.91 Å². The number of aromatic nitrogens is 1. The van der Waals surface area contributed by atoms with Crippen molar-refractivity contribution in [1.29, 1.82) is 0 Å². The topological polar surface area (TPSA) is 73.7 Å². The molecular weight excluding hydrogens is 280 g/mol. The summed E-state index contributed by atoms with van der Waals surface area (Å²) in [5, 5.41) is 18.8. The van der Waals surface area contributed by atoms with Gasteiger partial charge in [-0.1, -0.05) is 6.07 Å². The van der Waals surface area contributed by atoms with E-state index in [2.05, 4.69) is 11.1 Å². The molecule has 1 amide bonds. The fourth-order valence-electron chi connectivity index (χ4n) is 3.87. The normalized spacial score (nSPS) is 25.1. The zero-order valence-electron chi connectivity index (χ0n) is 12.8. The molecule has 1 aromatic rings. The monoisotopic (exact) mass is 304 g/mol. The third kappa shape index (κ3) is 2.75. The van der Waals surface area contributed by atoms with Gasteiger partial charge >= 0.3 is 0 Å². The van der Waals surface area contributed by atoms with E-state index >= 15 is 0 Å². The molecule has 0 bridgehead atoms. The Kier molecular flexibility index (Phi) is 4.45. The number of carbonyl (C=O) groups is 1. The molecule has 0 aromatic carbocycles. The number of aliphatic hydroxyl groups excluding tert-OH is 2. The summed E-state index contributed by atoms with van der Waals surface area (Å²) >= 11 is 0. The van der Waals surface area contributed by atoms with Crippen LogP contribution >= 0.6 is 0 Å². The smallest absolute Gasteiger partial charge is 0.222 e. The lowest BCUT2D eigenvalue weighted by Gasteiger charge is -2.24. The lowest BCUT2D eigenvalue weighted by Crippen LogP contribution is -2.36. The predicted octanol–water partition coefficient (Wildman–Crippen LogP) is 0.854. The number of fused-ring (bicyclic) bond motifs is 1. The van der Waals surface area contributed by atoms with Crippen molar-refractivity contribution in [3.8, 4) is 0 Å². The van der Waals surface area contributed by atoms with Gasteiger partial charge in [0.25, 0.3) is 0 Å². The van der Waals surface area contributed by atoms with Gasteiger partial charge in [0.15, 0.2) is 0 Å². The Balaban J connectivity index is 1.36. The van der Waals surface area contributed by atoms with Gasteiger partial charge in [-0.15, -0.1) is 0 Å². The van der Waals surface area contributed by atoms with Crippen molar-refractivity contribution in [2.24, 2.45) is 17.3 Å². The first-order valence-corrected chi connectivity index (χ1v) is 8.09. The number of aryl methyl sites for hydroxylation is 1. The molecule has 120 valence electrons. The Bertz CT molecular complexity index is 502. The Morgan fingerprint density at radius 1 is 1.27 bits per heavy atom. The molecule has 1 aromatic heterocycles. The number of carbonyl (C=O) groups excluding carboxylic acids is 1. The van der Waals surface area contributed by atoms with Crippen LogP contribution in [0.25, 0.3) is 0 Å². The maximum atomic E-state index is 12.2. The Labute approximate surface area is 131 Å². The van der Waals surface area contributed by atoms with E-state index in [-0.39, 0.29) is 24.5 Å². The summed E-state index contributed by atoms with van der Waals surface area (Å²) in [5.74, 6) is 0.798. The van der Waals surface area contributed by atoms with Crippen LogP contribution in [0.1, 0.15) is 24.8 Å². The van der Waals surface area contributed by atoms with Crippen LogP contribution in [0.15, 0.2) is 24.5 Å². The number of pyridine rings is 1. The molecule has 1 aliphatic carbocycles. The Hall–Kier alpha value is -1.46. The molecular formula is C17H24N2O3. The van der Waals surface area contributed by atoms with Crippen molar-refractivity contribution in [1.82, 2.24) is 9.88 Å². The number of rotatable bonds is 7. The van der Waals surface area contributed by atoms with Crippen LogP contribution in [0.4, 0.5) is 0 Å². The summed E-state index contributed by atoms with van der Waals surface area (Å²) in [7, 11) is 0. The van der Waals surface area contributed by atoms with Gasteiger partial charge < -0.3 is 15.1 Å². The van der Waals surface area contributed by atoms with Gasteiger partial charge in [-0.25, -0.2) is 0 Å². The first-order valence-electron chi connectivity index (χ1n) is 8.09. The van der Waals surface area contributed by atoms with E-state index in [0.29, 0.717) is 31.3 Å². The number of likely N-dealkylation sites (tertiary alicyclic amines) is 1. The average molecular weight is 304 g/mol. The molecule has 22 heavy (non-hydrogen) atoms. The van der Waals surface area contributed by atoms with E-state index in [1.807, 2.05) is 17.2 Å². The van der Waals surface area contributed by atoms with E-state index in [0.717, 1.165) is 19.3 Å². The number of aliphatic hydroxyl groups is 2. The van der Waals surface area contributed by atoms with Crippen LogP contribution in [0.5, 0.6) is 0 Å². The Morgan fingerprint density at radius 3 is 2.59 bits per heavy atom. The minimum absolute atomic E-state index is 0.0337. The summed E-state index contributed by atoms with van der Waals surface area (Å²) in [4.78, 5) is 18.2. The number of piperidine rings is 1. The second kappa shape index (κ2) is 6.34. The molecule has 2 unspecified atom stereocenters. The summed E-state index contributed by atoms with van der Waals surface area (Å²) in [6.45, 7) is 1.47. The van der Waals surface area contributed by atoms with Crippen LogP contribution < -0.4 is 0 Å². The molecule has 1 saturated carbocycles. The zero-order valence-corrected chi connectivity index (χ0v) is 12.8. The van der Waals surface area contributed by atoms with Crippen LogP contribution in [-0.4, -0.2) is 52.3 Å². The number of hydrogen-bond acceptors (Lipinski definition) is 4. The Morgan fingerprint density at radius 2 is 2.00 bits per heavy atom. The van der Waals surface area contributed by atoms with E-state index in [4.69, 9.17) is 0 Å². The van der Waals surface area contributed by atoms with Crippen molar-refractivity contribution in [2.75, 3.05) is 26.3 Å².